The third-order valence-electron chi connectivity index (χ3n) is 4.10. The standard InChI is InChI=1S/C16H22FNOS/c1-16(2)7-5-13(6-8-16)19-10-12-4-3-11(15(18)20)9-14(12)17/h3-4,9,13H,5-8,10H2,1-2H3,(H2,18,20). The maximum atomic E-state index is 13.9. The van der Waals surface area contributed by atoms with E-state index in [9.17, 15) is 4.39 Å². The van der Waals surface area contributed by atoms with Gasteiger partial charge in [-0.25, -0.2) is 4.39 Å². The van der Waals surface area contributed by atoms with Gasteiger partial charge in [0.05, 0.1) is 12.7 Å². The van der Waals surface area contributed by atoms with Gasteiger partial charge in [0.25, 0.3) is 0 Å². The van der Waals surface area contributed by atoms with Gasteiger partial charge < -0.3 is 10.5 Å². The Balaban J connectivity index is 1.90. The molecule has 1 fully saturated rings. The molecule has 110 valence electrons. The first kappa shape index (κ1) is 15.4. The van der Waals surface area contributed by atoms with Gasteiger partial charge in [-0.3, -0.25) is 0 Å². The minimum Gasteiger partial charge on any atom is -0.389 e. The average molecular weight is 295 g/mol. The molecule has 1 aromatic carbocycles. The van der Waals surface area contributed by atoms with Gasteiger partial charge in [-0.1, -0.05) is 38.2 Å². The number of ether oxygens (including phenoxy) is 1. The molecule has 0 radical (unpaired) electrons. The summed E-state index contributed by atoms with van der Waals surface area (Å²) < 4.78 is 19.7. The summed E-state index contributed by atoms with van der Waals surface area (Å²) >= 11 is 4.83. The van der Waals surface area contributed by atoms with Crippen LogP contribution in [0.25, 0.3) is 0 Å². The quantitative estimate of drug-likeness (QED) is 0.854. The van der Waals surface area contributed by atoms with Gasteiger partial charge in [-0.05, 0) is 37.2 Å². The van der Waals surface area contributed by atoms with Crippen LogP contribution >= 0.6 is 12.2 Å². The fraction of sp³-hybridized carbons (Fsp3) is 0.562. The third-order valence-corrected chi connectivity index (χ3v) is 4.33. The van der Waals surface area contributed by atoms with Gasteiger partial charge in [0, 0.05) is 11.1 Å². The van der Waals surface area contributed by atoms with Crippen LogP contribution in [0.5, 0.6) is 0 Å². The lowest BCUT2D eigenvalue weighted by Crippen LogP contribution is -2.26. The summed E-state index contributed by atoms with van der Waals surface area (Å²) in [5.74, 6) is -0.300. The molecule has 4 heteroatoms. The smallest absolute Gasteiger partial charge is 0.129 e. The van der Waals surface area contributed by atoms with Crippen molar-refractivity contribution in [2.24, 2.45) is 11.1 Å². The van der Waals surface area contributed by atoms with Gasteiger partial charge >= 0.3 is 0 Å². The summed E-state index contributed by atoms with van der Waals surface area (Å²) in [7, 11) is 0. The molecule has 0 saturated heterocycles. The minimum atomic E-state index is -0.300. The van der Waals surface area contributed by atoms with Gasteiger partial charge in [0.2, 0.25) is 0 Å². The molecule has 1 aromatic rings. The van der Waals surface area contributed by atoms with E-state index in [1.165, 1.54) is 18.9 Å². The first-order valence-corrected chi connectivity index (χ1v) is 7.48. The summed E-state index contributed by atoms with van der Waals surface area (Å²) in [6.07, 6.45) is 4.69. The van der Waals surface area contributed by atoms with Crippen LogP contribution in [-0.4, -0.2) is 11.1 Å². The number of halogens is 1. The van der Waals surface area contributed by atoms with Gasteiger partial charge in [0.1, 0.15) is 10.8 Å². The summed E-state index contributed by atoms with van der Waals surface area (Å²) in [6.45, 7) is 4.89. The Kier molecular flexibility index (Phi) is 4.76. The second-order valence-electron chi connectivity index (χ2n) is 6.35. The highest BCUT2D eigenvalue weighted by molar-refractivity contribution is 7.80. The van der Waals surface area contributed by atoms with E-state index < -0.39 is 0 Å². The molecule has 0 aliphatic heterocycles. The molecule has 0 amide bonds. The van der Waals surface area contributed by atoms with Gasteiger partial charge in [-0.15, -0.1) is 0 Å². The van der Waals surface area contributed by atoms with E-state index in [2.05, 4.69) is 13.8 Å². The molecule has 1 saturated carbocycles. The summed E-state index contributed by atoms with van der Waals surface area (Å²) in [5.41, 5.74) is 7.02. The summed E-state index contributed by atoms with van der Waals surface area (Å²) in [4.78, 5) is 0.214. The largest absolute Gasteiger partial charge is 0.389 e. The molecule has 2 N–H and O–H groups in total. The van der Waals surface area contributed by atoms with E-state index in [1.807, 2.05) is 0 Å². The van der Waals surface area contributed by atoms with E-state index in [1.54, 1.807) is 12.1 Å². The Morgan fingerprint density at radius 1 is 1.40 bits per heavy atom. The zero-order chi connectivity index (χ0) is 14.8. The monoisotopic (exact) mass is 295 g/mol. The van der Waals surface area contributed by atoms with Crippen LogP contribution in [0.2, 0.25) is 0 Å². The Bertz CT molecular complexity index is 491. The van der Waals surface area contributed by atoms with Crippen molar-refractivity contribution in [2.75, 3.05) is 0 Å². The van der Waals surface area contributed by atoms with E-state index in [0.717, 1.165) is 12.8 Å². The molecule has 0 atom stereocenters. The van der Waals surface area contributed by atoms with Crippen LogP contribution in [0.4, 0.5) is 4.39 Å². The lowest BCUT2D eigenvalue weighted by atomic mass is 9.76. The first-order valence-electron chi connectivity index (χ1n) is 7.07. The Morgan fingerprint density at radius 2 is 2.05 bits per heavy atom. The van der Waals surface area contributed by atoms with Crippen LogP contribution in [0.15, 0.2) is 18.2 Å². The predicted molar refractivity (Wildman–Crippen MR) is 83.1 cm³/mol. The molecule has 20 heavy (non-hydrogen) atoms. The van der Waals surface area contributed by atoms with E-state index in [0.29, 0.717) is 23.1 Å². The lowest BCUT2D eigenvalue weighted by Gasteiger charge is -2.34. The van der Waals surface area contributed by atoms with Crippen molar-refractivity contribution in [3.8, 4) is 0 Å². The third kappa shape index (κ3) is 4.00. The zero-order valence-electron chi connectivity index (χ0n) is 12.1. The molecule has 0 unspecified atom stereocenters. The fourth-order valence-electron chi connectivity index (χ4n) is 2.56. The Labute approximate surface area is 125 Å². The van der Waals surface area contributed by atoms with Crippen molar-refractivity contribution in [1.29, 1.82) is 0 Å². The number of thiocarbonyl (C=S) groups is 1. The predicted octanol–water partition coefficient (Wildman–Crippen LogP) is 3.95. The van der Waals surface area contributed by atoms with E-state index >= 15 is 0 Å². The van der Waals surface area contributed by atoms with E-state index in [4.69, 9.17) is 22.7 Å². The maximum absolute atomic E-state index is 13.9. The highest BCUT2D eigenvalue weighted by Gasteiger charge is 2.27. The highest BCUT2D eigenvalue weighted by Crippen LogP contribution is 2.36. The van der Waals surface area contributed by atoms with Crippen molar-refractivity contribution < 1.29 is 9.13 Å². The highest BCUT2D eigenvalue weighted by atomic mass is 32.1. The lowest BCUT2D eigenvalue weighted by molar-refractivity contribution is -0.00659. The number of benzene rings is 1. The minimum absolute atomic E-state index is 0.214. The number of nitrogens with two attached hydrogens (primary N) is 1. The number of hydrogen-bond donors (Lipinski definition) is 1. The summed E-state index contributed by atoms with van der Waals surface area (Å²) in [6, 6.07) is 4.83. The molecule has 0 heterocycles. The second-order valence-corrected chi connectivity index (χ2v) is 6.78. The average Bonchev–Trinajstić information content (AvgIpc) is 2.38. The molecular weight excluding hydrogens is 273 g/mol. The van der Waals surface area contributed by atoms with Crippen LogP contribution in [-0.2, 0) is 11.3 Å². The van der Waals surface area contributed by atoms with Gasteiger partial charge in [-0.2, -0.15) is 0 Å². The van der Waals surface area contributed by atoms with Crippen molar-refractivity contribution in [2.45, 2.75) is 52.2 Å². The first-order chi connectivity index (χ1) is 9.37. The molecule has 0 spiro atoms. The van der Waals surface area contributed by atoms with Crippen LogP contribution in [0, 0.1) is 11.2 Å². The van der Waals surface area contributed by atoms with Crippen LogP contribution in [0.3, 0.4) is 0 Å². The molecule has 1 aliphatic carbocycles. The molecule has 2 nitrogen and oxygen atoms in total. The Morgan fingerprint density at radius 3 is 2.60 bits per heavy atom. The molecular formula is C16H22FNOS. The topological polar surface area (TPSA) is 35.2 Å². The van der Waals surface area contributed by atoms with Crippen molar-refractivity contribution >= 4 is 17.2 Å². The van der Waals surface area contributed by atoms with Crippen LogP contribution in [0.1, 0.15) is 50.7 Å². The van der Waals surface area contributed by atoms with Crippen molar-refractivity contribution in [1.82, 2.24) is 0 Å². The maximum Gasteiger partial charge on any atom is 0.129 e. The number of rotatable bonds is 4. The molecule has 1 aliphatic rings. The Hall–Kier alpha value is -1.00. The molecule has 2 rings (SSSR count). The molecule has 0 bridgehead atoms. The van der Waals surface area contributed by atoms with Crippen LogP contribution < -0.4 is 5.73 Å². The summed E-state index contributed by atoms with van der Waals surface area (Å²) in [5, 5.41) is 0. The van der Waals surface area contributed by atoms with Crippen molar-refractivity contribution in [3.63, 3.8) is 0 Å². The normalized spacial score (nSPS) is 18.9. The van der Waals surface area contributed by atoms with Gasteiger partial charge in [0.15, 0.2) is 0 Å². The molecule has 0 aromatic heterocycles. The second kappa shape index (κ2) is 6.19. The fourth-order valence-corrected chi connectivity index (χ4v) is 2.69. The zero-order valence-corrected chi connectivity index (χ0v) is 12.9. The van der Waals surface area contributed by atoms with E-state index in [-0.39, 0.29) is 16.9 Å². The SMILES string of the molecule is CC1(C)CCC(OCc2ccc(C(N)=S)cc2F)CC1. The number of hydrogen-bond acceptors (Lipinski definition) is 2. The van der Waals surface area contributed by atoms with Crippen molar-refractivity contribution in [3.05, 3.63) is 35.1 Å².